The number of pyridine rings is 1. The van der Waals surface area contributed by atoms with E-state index < -0.39 is 6.10 Å². The van der Waals surface area contributed by atoms with Gasteiger partial charge in [-0.25, -0.2) is 15.0 Å². The summed E-state index contributed by atoms with van der Waals surface area (Å²) in [7, 11) is 8.45. The van der Waals surface area contributed by atoms with Crippen LogP contribution in [0.3, 0.4) is 0 Å². The molecule has 0 unspecified atom stereocenters. The van der Waals surface area contributed by atoms with Gasteiger partial charge in [0.1, 0.15) is 24.3 Å². The van der Waals surface area contributed by atoms with Gasteiger partial charge in [-0.2, -0.15) is 9.97 Å². The Morgan fingerprint density at radius 2 is 1.42 bits per heavy atom. The molecule has 59 heavy (non-hydrogen) atoms. The number of β-amino-alcohol motifs (C(OH)–C–C–N with tert-alkyl or cyclic N) is 1. The van der Waals surface area contributed by atoms with Gasteiger partial charge in [0.25, 0.3) is 5.88 Å². The highest BCUT2D eigenvalue weighted by atomic mass is 16.5. The molecule has 1 aliphatic heterocycles. The van der Waals surface area contributed by atoms with Gasteiger partial charge in [0, 0.05) is 80.9 Å². The number of likely N-dealkylation sites (tertiary alicyclic amines) is 1. The molecule has 4 aromatic rings. The Kier molecular flexibility index (Phi) is 18.5. The van der Waals surface area contributed by atoms with Gasteiger partial charge >= 0.3 is 0 Å². The number of aromatic nitrogens is 5. The maximum absolute atomic E-state index is 12.1. The second-order valence-electron chi connectivity index (χ2n) is 14.0. The number of nitrogens with one attached hydrogen (secondary N) is 5. The molecule has 0 spiro atoms. The van der Waals surface area contributed by atoms with Crippen LogP contribution in [0.4, 0.5) is 34.9 Å². The number of hydrogen-bond donors (Lipinski definition) is 6. The summed E-state index contributed by atoms with van der Waals surface area (Å²) in [6.07, 6.45) is 6.37. The number of aliphatic hydroxyl groups excluding tert-OH is 1. The summed E-state index contributed by atoms with van der Waals surface area (Å²) < 4.78 is 22.6. The molecular formula is C42H63N11O6. The van der Waals surface area contributed by atoms with Crippen LogP contribution in [0.2, 0.25) is 0 Å². The molecule has 6 N–H and O–H groups in total. The summed E-state index contributed by atoms with van der Waals surface area (Å²) in [5, 5.41) is 25.4. The molecule has 2 aliphatic rings. The molecule has 0 radical (unpaired) electrons. The molecule has 3 aromatic heterocycles. The quantitative estimate of drug-likeness (QED) is 0.0729. The standard InChI is InChI=1S/C21H29N5O3.C19H28N6O3.C2H6/c1-13-10-19(22-2)26-21(24-13)25-15-8-9-17(28-4)18(11-15)29-12-14-6-5-7-16(14)20(27)23-3;1-13-8-17(20-2)24-19(22-13)23-14-9-16(18(27-3)21-10-14)28-12-15(26)11-25-6-4-5-7-25;1-2/h8-11,14,16H,5-7,12H2,1-4H3,(H,23,27)(H2,22,24,25,26);8-10,15,26H,4-7,11-12H2,1-3H3,(H2,20,22,23,24);1-2H3/t14-,16+;15-;/m10./s1. The van der Waals surface area contributed by atoms with Crippen molar-refractivity contribution in [2.45, 2.75) is 65.9 Å². The molecule has 4 heterocycles. The number of rotatable bonds is 17. The number of carbonyl (C=O) groups excluding carboxylic acids is 1. The molecule has 17 nitrogen and oxygen atoms in total. The third-order valence-corrected chi connectivity index (χ3v) is 9.70. The molecule has 6 rings (SSSR count). The number of benzene rings is 1. The van der Waals surface area contributed by atoms with Crippen molar-refractivity contribution in [1.82, 2.24) is 35.1 Å². The molecule has 3 atom stereocenters. The zero-order valence-electron chi connectivity index (χ0n) is 36.0. The highest BCUT2D eigenvalue weighted by molar-refractivity contribution is 5.79. The largest absolute Gasteiger partial charge is 0.493 e. The lowest BCUT2D eigenvalue weighted by molar-refractivity contribution is -0.125. The molecular weight excluding hydrogens is 755 g/mol. The average molecular weight is 818 g/mol. The van der Waals surface area contributed by atoms with E-state index in [1.54, 1.807) is 33.5 Å². The SMILES string of the molecule is CC.CNC(=O)[C@H]1CCC[C@@H]1COc1cc(Nc2nc(C)cc(NC)n2)ccc1OC.CNc1cc(C)nc(Nc2cnc(OC)c(OC[C@@H](O)CN3CCCC3)c2)n1. The van der Waals surface area contributed by atoms with Gasteiger partial charge in [-0.3, -0.25) is 4.79 Å². The van der Waals surface area contributed by atoms with Gasteiger partial charge in [0.2, 0.25) is 17.8 Å². The van der Waals surface area contributed by atoms with Crippen LogP contribution in [0.5, 0.6) is 23.1 Å². The van der Waals surface area contributed by atoms with Gasteiger partial charge in [-0.05, 0) is 64.8 Å². The van der Waals surface area contributed by atoms with Crippen LogP contribution in [0.15, 0.2) is 42.6 Å². The van der Waals surface area contributed by atoms with Crippen molar-refractivity contribution in [3.8, 4) is 23.1 Å². The molecule has 1 saturated carbocycles. The lowest BCUT2D eigenvalue weighted by Crippen LogP contribution is -2.33. The van der Waals surface area contributed by atoms with E-state index >= 15 is 0 Å². The average Bonchev–Trinajstić information content (AvgIpc) is 3.95. The van der Waals surface area contributed by atoms with E-state index in [1.807, 2.05) is 65.1 Å². The summed E-state index contributed by atoms with van der Waals surface area (Å²) >= 11 is 0. The third kappa shape index (κ3) is 14.0. The van der Waals surface area contributed by atoms with E-state index in [9.17, 15) is 9.90 Å². The molecule has 1 amide bonds. The van der Waals surface area contributed by atoms with Crippen molar-refractivity contribution in [1.29, 1.82) is 0 Å². The highest BCUT2D eigenvalue weighted by Gasteiger charge is 2.33. The van der Waals surface area contributed by atoms with Gasteiger partial charge in [0.05, 0.1) is 32.7 Å². The Hall–Kier alpha value is -5.68. The van der Waals surface area contributed by atoms with Crippen molar-refractivity contribution < 1.29 is 28.8 Å². The minimum Gasteiger partial charge on any atom is -0.493 e. The topological polar surface area (TPSA) is 202 Å². The number of hydrogen-bond acceptors (Lipinski definition) is 16. The van der Waals surface area contributed by atoms with Gasteiger partial charge in [-0.1, -0.05) is 20.3 Å². The first-order chi connectivity index (χ1) is 28.6. The maximum atomic E-state index is 12.1. The van der Waals surface area contributed by atoms with E-state index in [-0.39, 0.29) is 24.3 Å². The second kappa shape index (κ2) is 23.7. The number of carbonyl (C=O) groups is 1. The minimum absolute atomic E-state index is 0.00737. The molecule has 1 saturated heterocycles. The van der Waals surface area contributed by atoms with Gasteiger partial charge in [-0.15, -0.1) is 0 Å². The Bertz CT molecular complexity index is 1910. The number of aryl methyl sites for hydroxylation is 2. The Balaban J connectivity index is 0.000000250. The number of methoxy groups -OCH3 is 2. The fourth-order valence-corrected chi connectivity index (χ4v) is 6.85. The number of aliphatic hydroxyl groups is 1. The molecule has 0 bridgehead atoms. The predicted molar refractivity (Wildman–Crippen MR) is 232 cm³/mol. The van der Waals surface area contributed by atoms with Crippen LogP contribution in [0.1, 0.15) is 57.3 Å². The number of nitrogens with zero attached hydrogens (tertiary/aromatic N) is 6. The zero-order valence-corrected chi connectivity index (χ0v) is 36.0. The number of anilines is 6. The summed E-state index contributed by atoms with van der Waals surface area (Å²) in [6, 6.07) is 11.1. The monoisotopic (exact) mass is 817 g/mol. The lowest BCUT2D eigenvalue weighted by atomic mass is 9.96. The number of ether oxygens (including phenoxy) is 4. The Morgan fingerprint density at radius 1 is 0.797 bits per heavy atom. The summed E-state index contributed by atoms with van der Waals surface area (Å²) in [6.45, 7) is 11.1. The molecule has 322 valence electrons. The fraction of sp³-hybridized carbons (Fsp3) is 0.524. The van der Waals surface area contributed by atoms with Crippen LogP contribution < -0.4 is 45.5 Å². The maximum Gasteiger partial charge on any atom is 0.256 e. The molecule has 2 fully saturated rings. The summed E-state index contributed by atoms with van der Waals surface area (Å²) in [4.78, 5) is 36.2. The van der Waals surface area contributed by atoms with E-state index in [0.717, 1.165) is 61.1 Å². The van der Waals surface area contributed by atoms with Crippen molar-refractivity contribution in [3.05, 3.63) is 54.0 Å². The van der Waals surface area contributed by atoms with Crippen molar-refractivity contribution in [3.63, 3.8) is 0 Å². The van der Waals surface area contributed by atoms with E-state index in [0.29, 0.717) is 53.9 Å². The minimum atomic E-state index is -0.572. The predicted octanol–water partition coefficient (Wildman–Crippen LogP) is 5.96. The third-order valence-electron chi connectivity index (χ3n) is 9.70. The van der Waals surface area contributed by atoms with Gasteiger partial charge < -0.3 is 55.5 Å². The normalized spacial score (nSPS) is 16.3. The van der Waals surface area contributed by atoms with Crippen LogP contribution in [0, 0.1) is 25.7 Å². The summed E-state index contributed by atoms with van der Waals surface area (Å²) in [5.74, 6) is 4.81. The van der Waals surface area contributed by atoms with Crippen LogP contribution in [-0.4, -0.2) is 115 Å². The zero-order chi connectivity index (χ0) is 42.7. The van der Waals surface area contributed by atoms with E-state index in [2.05, 4.69) is 56.4 Å². The first kappa shape index (κ1) is 46.0. The van der Waals surface area contributed by atoms with Crippen LogP contribution >= 0.6 is 0 Å². The van der Waals surface area contributed by atoms with E-state index in [4.69, 9.17) is 18.9 Å². The molecule has 1 aliphatic carbocycles. The van der Waals surface area contributed by atoms with Crippen molar-refractivity contribution in [2.75, 3.05) is 89.5 Å². The fourth-order valence-electron chi connectivity index (χ4n) is 6.85. The second-order valence-corrected chi connectivity index (χ2v) is 14.0. The molecule has 1 aromatic carbocycles. The Labute approximate surface area is 348 Å². The van der Waals surface area contributed by atoms with Crippen LogP contribution in [-0.2, 0) is 4.79 Å². The highest BCUT2D eigenvalue weighted by Crippen LogP contribution is 2.36. The molecule has 17 heteroatoms. The van der Waals surface area contributed by atoms with Crippen molar-refractivity contribution in [2.24, 2.45) is 11.8 Å². The first-order valence-corrected chi connectivity index (χ1v) is 20.3. The summed E-state index contributed by atoms with van der Waals surface area (Å²) in [5.41, 5.74) is 3.16. The van der Waals surface area contributed by atoms with E-state index in [1.165, 1.54) is 20.0 Å². The number of amides is 1. The lowest BCUT2D eigenvalue weighted by Gasteiger charge is -2.20. The van der Waals surface area contributed by atoms with Crippen molar-refractivity contribution >= 4 is 40.8 Å². The van der Waals surface area contributed by atoms with Gasteiger partial charge in [0.15, 0.2) is 17.2 Å². The van der Waals surface area contributed by atoms with Crippen LogP contribution in [0.25, 0.3) is 0 Å². The Morgan fingerprint density at radius 3 is 2.02 bits per heavy atom. The smallest absolute Gasteiger partial charge is 0.256 e. The first-order valence-electron chi connectivity index (χ1n) is 20.3.